The monoisotopic (exact) mass is 367 g/mol. The lowest BCUT2D eigenvalue weighted by Gasteiger charge is -2.40. The van der Waals surface area contributed by atoms with Crippen LogP contribution in [0.1, 0.15) is 34.6 Å². The fourth-order valence-electron chi connectivity index (χ4n) is 2.89. The van der Waals surface area contributed by atoms with Gasteiger partial charge in [-0.25, -0.2) is 13.2 Å². The second-order valence-electron chi connectivity index (χ2n) is 6.50. The molecule has 0 aliphatic carbocycles. The Bertz CT molecular complexity index is 684. The van der Waals surface area contributed by atoms with Gasteiger partial charge in [-0.1, -0.05) is 0 Å². The normalized spacial score (nSPS) is 31.1. The number of ether oxygens (including phenoxy) is 2. The number of esters is 2. The van der Waals surface area contributed by atoms with Crippen molar-refractivity contribution in [3.8, 4) is 0 Å². The molecule has 0 unspecified atom stereocenters. The summed E-state index contributed by atoms with van der Waals surface area (Å²) in [5.41, 5.74) is 0. The predicted octanol–water partition coefficient (Wildman–Crippen LogP) is 0.180. The fourth-order valence-corrected chi connectivity index (χ4v) is 5.63. The Hall–Kier alpha value is -1.35. The van der Waals surface area contributed by atoms with Gasteiger partial charge in [-0.2, -0.15) is 0 Å². The number of hydrogen-bond acceptors (Lipinski definition) is 7. The molecular formula is C13H18ClNO7S. The van der Waals surface area contributed by atoms with Crippen LogP contribution in [0.5, 0.6) is 0 Å². The van der Waals surface area contributed by atoms with E-state index in [0.717, 1.165) is 11.8 Å². The van der Waals surface area contributed by atoms with E-state index in [9.17, 15) is 22.8 Å². The predicted molar refractivity (Wildman–Crippen MR) is 79.0 cm³/mol. The lowest BCUT2D eigenvalue weighted by atomic mass is 9.98. The van der Waals surface area contributed by atoms with E-state index in [-0.39, 0.29) is 0 Å². The number of carbonyl (C=O) groups excluding carboxylic acids is 3. The molecule has 3 atom stereocenters. The van der Waals surface area contributed by atoms with Crippen molar-refractivity contribution in [1.82, 2.24) is 4.90 Å². The largest absolute Gasteiger partial charge is 0.423 e. The number of alkyl halides is 1. The second-order valence-corrected chi connectivity index (χ2v) is 9.60. The van der Waals surface area contributed by atoms with Crippen LogP contribution in [0.4, 0.5) is 0 Å². The third-order valence-electron chi connectivity index (χ3n) is 3.96. The molecule has 0 aromatic carbocycles. The molecule has 0 saturated carbocycles. The van der Waals surface area contributed by atoms with Crippen molar-refractivity contribution in [2.45, 2.75) is 61.9 Å². The first-order chi connectivity index (χ1) is 10.2. The lowest BCUT2D eigenvalue weighted by molar-refractivity contribution is -0.219. The van der Waals surface area contributed by atoms with Crippen molar-refractivity contribution in [2.24, 2.45) is 0 Å². The Morgan fingerprint density at radius 1 is 1.26 bits per heavy atom. The second kappa shape index (κ2) is 5.07. The third-order valence-corrected chi connectivity index (χ3v) is 7.36. The summed E-state index contributed by atoms with van der Waals surface area (Å²) >= 11 is 5.79. The lowest BCUT2D eigenvalue weighted by Crippen LogP contribution is -2.65. The number of hydrogen-bond donors (Lipinski definition) is 0. The van der Waals surface area contributed by atoms with Crippen molar-refractivity contribution in [3.63, 3.8) is 0 Å². The molecular weight excluding hydrogens is 350 g/mol. The van der Waals surface area contributed by atoms with E-state index in [4.69, 9.17) is 21.1 Å². The van der Waals surface area contributed by atoms with Gasteiger partial charge in [-0.3, -0.25) is 9.59 Å². The van der Waals surface area contributed by atoms with E-state index in [0.29, 0.717) is 0 Å². The van der Waals surface area contributed by atoms with Gasteiger partial charge in [0.2, 0.25) is 5.91 Å². The summed E-state index contributed by atoms with van der Waals surface area (Å²) in [5.74, 6) is -3.86. The van der Waals surface area contributed by atoms with Crippen LogP contribution in [0.25, 0.3) is 0 Å². The van der Waals surface area contributed by atoms with Crippen molar-refractivity contribution in [3.05, 3.63) is 0 Å². The number of rotatable bonds is 3. The minimum absolute atomic E-state index is 0.641. The molecule has 130 valence electrons. The van der Waals surface area contributed by atoms with Gasteiger partial charge < -0.3 is 14.4 Å². The first-order valence-corrected chi connectivity index (χ1v) is 8.84. The van der Waals surface area contributed by atoms with Crippen LogP contribution in [0, 0.1) is 0 Å². The summed E-state index contributed by atoms with van der Waals surface area (Å²) < 4.78 is 33.4. The highest BCUT2D eigenvalue weighted by Crippen LogP contribution is 2.48. The summed E-state index contributed by atoms with van der Waals surface area (Å²) in [6.07, 6.45) is 0. The van der Waals surface area contributed by atoms with E-state index < -0.39 is 55.0 Å². The molecule has 0 aromatic rings. The fraction of sp³-hybridized carbons (Fsp3) is 0.769. The van der Waals surface area contributed by atoms with Gasteiger partial charge >= 0.3 is 11.9 Å². The first-order valence-electron chi connectivity index (χ1n) is 6.86. The quantitative estimate of drug-likeness (QED) is 0.303. The molecule has 0 radical (unpaired) electrons. The molecule has 2 aliphatic rings. The maximum absolute atomic E-state index is 12.5. The molecule has 1 amide bonds. The maximum Gasteiger partial charge on any atom is 0.333 e. The summed E-state index contributed by atoms with van der Waals surface area (Å²) in [6.45, 7) is 6.49. The number of sulfone groups is 1. The van der Waals surface area contributed by atoms with Crippen LogP contribution in [0.2, 0.25) is 0 Å². The van der Waals surface area contributed by atoms with Crippen LogP contribution in [-0.2, 0) is 33.7 Å². The van der Waals surface area contributed by atoms with Gasteiger partial charge in [0.15, 0.2) is 15.2 Å². The van der Waals surface area contributed by atoms with E-state index in [1.165, 1.54) is 27.7 Å². The van der Waals surface area contributed by atoms with Gasteiger partial charge in [0, 0.05) is 20.8 Å². The molecule has 2 rings (SSSR count). The smallest absolute Gasteiger partial charge is 0.333 e. The Kier molecular flexibility index (Phi) is 3.97. The SMILES string of the molecule is CC(=O)OC(C)(C)OC(=O)[C@@H]1N2C(=O)[C@@H](Cl)[C@H]2S(=O)(=O)C1(C)C. The summed E-state index contributed by atoms with van der Waals surface area (Å²) in [4.78, 5) is 36.3. The topological polar surface area (TPSA) is 107 Å². The first kappa shape index (κ1) is 18.0. The van der Waals surface area contributed by atoms with Crippen molar-refractivity contribution in [2.75, 3.05) is 0 Å². The molecule has 10 heteroatoms. The van der Waals surface area contributed by atoms with E-state index in [1.807, 2.05) is 0 Å². The molecule has 0 N–H and O–H groups in total. The van der Waals surface area contributed by atoms with Crippen molar-refractivity contribution in [1.29, 1.82) is 0 Å². The van der Waals surface area contributed by atoms with E-state index in [1.54, 1.807) is 0 Å². The van der Waals surface area contributed by atoms with Crippen LogP contribution >= 0.6 is 11.6 Å². The number of carbonyl (C=O) groups is 3. The minimum atomic E-state index is -3.86. The van der Waals surface area contributed by atoms with Crippen LogP contribution in [-0.4, -0.2) is 58.5 Å². The maximum atomic E-state index is 12.5. The Balaban J connectivity index is 2.33. The van der Waals surface area contributed by atoms with Gasteiger partial charge in [0.05, 0.1) is 0 Å². The minimum Gasteiger partial charge on any atom is -0.423 e. The molecule has 23 heavy (non-hydrogen) atoms. The highest BCUT2D eigenvalue weighted by molar-refractivity contribution is 7.94. The zero-order valence-electron chi connectivity index (χ0n) is 13.3. The Labute approximate surface area is 139 Å². The van der Waals surface area contributed by atoms with E-state index >= 15 is 0 Å². The third kappa shape index (κ3) is 2.50. The summed E-state index contributed by atoms with van der Waals surface area (Å²) in [7, 11) is -3.86. The Morgan fingerprint density at radius 2 is 1.78 bits per heavy atom. The molecule has 0 aromatic heterocycles. The van der Waals surface area contributed by atoms with Gasteiger partial charge in [-0.05, 0) is 13.8 Å². The summed E-state index contributed by atoms with van der Waals surface area (Å²) in [5, 5.41) is -2.46. The number of halogens is 1. The highest BCUT2D eigenvalue weighted by Gasteiger charge is 2.72. The summed E-state index contributed by atoms with van der Waals surface area (Å²) in [6, 6.07) is -1.35. The number of nitrogens with zero attached hydrogens (tertiary/aromatic N) is 1. The van der Waals surface area contributed by atoms with E-state index in [2.05, 4.69) is 0 Å². The standard InChI is InChI=1S/C13H18ClNO7S/c1-6(16)21-13(4,5)22-11(18)8-12(2,3)23(19,20)10-7(14)9(17)15(8)10/h7-8,10H,1-5H3/t7-,8+,10-/m1/s1. The van der Waals surface area contributed by atoms with Crippen molar-refractivity contribution < 1.29 is 32.3 Å². The van der Waals surface area contributed by atoms with Crippen LogP contribution in [0.15, 0.2) is 0 Å². The average Bonchev–Trinajstić information content (AvgIpc) is 2.48. The molecule has 2 fully saturated rings. The zero-order valence-corrected chi connectivity index (χ0v) is 14.9. The Morgan fingerprint density at radius 3 is 2.26 bits per heavy atom. The van der Waals surface area contributed by atoms with Gasteiger partial charge in [-0.15, -0.1) is 11.6 Å². The number of fused-ring (bicyclic) bond motifs is 1. The highest BCUT2D eigenvalue weighted by atomic mass is 35.5. The number of amides is 1. The zero-order chi connectivity index (χ0) is 18.0. The molecule has 2 saturated heterocycles. The van der Waals surface area contributed by atoms with Gasteiger partial charge in [0.1, 0.15) is 16.2 Å². The average molecular weight is 368 g/mol. The number of β-lactam (4-membered cyclic amide) rings is 1. The molecule has 2 heterocycles. The van der Waals surface area contributed by atoms with Gasteiger partial charge in [0.25, 0.3) is 5.79 Å². The molecule has 2 aliphatic heterocycles. The molecule has 0 bridgehead atoms. The molecule has 8 nitrogen and oxygen atoms in total. The van der Waals surface area contributed by atoms with Crippen molar-refractivity contribution >= 4 is 39.3 Å². The van der Waals surface area contributed by atoms with Crippen LogP contribution in [0.3, 0.4) is 0 Å². The molecule has 0 spiro atoms. The van der Waals surface area contributed by atoms with Crippen LogP contribution < -0.4 is 0 Å².